The number of carboxylic acids is 1. The molecule has 1 aromatic rings. The Labute approximate surface area is 124 Å². The number of carboxylic acid groups (broad SMARTS) is 1. The highest BCUT2D eigenvalue weighted by molar-refractivity contribution is 7.89. The molecule has 6 nitrogen and oxygen atoms in total. The van der Waals surface area contributed by atoms with Gasteiger partial charge in [0, 0.05) is 13.1 Å². The highest BCUT2D eigenvalue weighted by Gasteiger charge is 2.22. The minimum absolute atomic E-state index is 0.133. The summed E-state index contributed by atoms with van der Waals surface area (Å²) in [6, 6.07) is 5.66. The Bertz CT molecular complexity index is 607. The van der Waals surface area contributed by atoms with E-state index in [-0.39, 0.29) is 11.4 Å². The molecule has 0 aliphatic carbocycles. The normalized spacial score (nSPS) is 11.4. The number of benzene rings is 1. The highest BCUT2D eigenvalue weighted by Crippen LogP contribution is 2.20. The van der Waals surface area contributed by atoms with Gasteiger partial charge in [-0.3, -0.25) is 0 Å². The number of aliphatic carboxylic acids is 1. The fourth-order valence-corrected chi connectivity index (χ4v) is 3.18. The van der Waals surface area contributed by atoms with Crippen molar-refractivity contribution in [1.82, 2.24) is 4.31 Å². The van der Waals surface area contributed by atoms with Crippen molar-refractivity contribution in [3.8, 4) is 5.75 Å². The zero-order chi connectivity index (χ0) is 16.0. The van der Waals surface area contributed by atoms with Crippen molar-refractivity contribution in [3.63, 3.8) is 0 Å². The molecule has 1 rings (SSSR count). The Morgan fingerprint density at radius 1 is 1.33 bits per heavy atom. The number of hydrogen-bond acceptors (Lipinski definition) is 4. The van der Waals surface area contributed by atoms with Gasteiger partial charge >= 0.3 is 5.97 Å². The molecule has 0 aliphatic heterocycles. The number of ether oxygens (including phenoxy) is 1. The van der Waals surface area contributed by atoms with Crippen LogP contribution in [0, 0.1) is 0 Å². The Balaban J connectivity index is 2.93. The van der Waals surface area contributed by atoms with E-state index in [0.29, 0.717) is 12.3 Å². The summed E-state index contributed by atoms with van der Waals surface area (Å²) in [5.74, 6) is -0.787. The monoisotopic (exact) mass is 313 g/mol. The average molecular weight is 313 g/mol. The second-order valence-corrected chi connectivity index (χ2v) is 6.48. The molecule has 0 saturated heterocycles. The van der Waals surface area contributed by atoms with Gasteiger partial charge in [-0.1, -0.05) is 19.1 Å². The van der Waals surface area contributed by atoms with Crippen LogP contribution in [0.1, 0.15) is 13.8 Å². The van der Waals surface area contributed by atoms with Gasteiger partial charge in [-0.15, -0.1) is 0 Å². The Kier molecular flexibility index (Phi) is 5.92. The van der Waals surface area contributed by atoms with E-state index >= 15 is 0 Å². The SMILES string of the molecule is C=C(C)CN(CC)S(=O)(=O)c1ccc(OCC(=O)O)cc1. The van der Waals surface area contributed by atoms with Crippen molar-refractivity contribution in [2.24, 2.45) is 0 Å². The number of nitrogens with zero attached hydrogens (tertiary/aromatic N) is 1. The van der Waals surface area contributed by atoms with Crippen LogP contribution in [0.25, 0.3) is 0 Å². The molecule has 0 aliphatic rings. The summed E-state index contributed by atoms with van der Waals surface area (Å²) < 4.78 is 31.1. The second-order valence-electron chi connectivity index (χ2n) is 4.54. The van der Waals surface area contributed by atoms with Gasteiger partial charge in [0.2, 0.25) is 10.0 Å². The molecule has 0 spiro atoms. The van der Waals surface area contributed by atoms with Crippen LogP contribution in [0.4, 0.5) is 0 Å². The molecule has 21 heavy (non-hydrogen) atoms. The zero-order valence-electron chi connectivity index (χ0n) is 12.1. The lowest BCUT2D eigenvalue weighted by Crippen LogP contribution is -2.32. The predicted octanol–water partition coefficient (Wildman–Crippen LogP) is 1.74. The molecule has 7 heteroatoms. The van der Waals surface area contributed by atoms with E-state index in [2.05, 4.69) is 6.58 Å². The minimum Gasteiger partial charge on any atom is -0.482 e. The third-order valence-electron chi connectivity index (χ3n) is 2.62. The van der Waals surface area contributed by atoms with E-state index in [4.69, 9.17) is 9.84 Å². The highest BCUT2D eigenvalue weighted by atomic mass is 32.2. The predicted molar refractivity (Wildman–Crippen MR) is 78.8 cm³/mol. The lowest BCUT2D eigenvalue weighted by molar-refractivity contribution is -0.139. The minimum atomic E-state index is -3.59. The molecule has 0 saturated carbocycles. The van der Waals surface area contributed by atoms with Crippen LogP contribution in [0.3, 0.4) is 0 Å². The summed E-state index contributed by atoms with van der Waals surface area (Å²) in [5, 5.41) is 8.51. The molecule has 0 radical (unpaired) electrons. The average Bonchev–Trinajstić information content (AvgIpc) is 2.42. The summed E-state index contributed by atoms with van der Waals surface area (Å²) in [6.45, 7) is 7.37. The topological polar surface area (TPSA) is 83.9 Å². The molecule has 1 aromatic carbocycles. The van der Waals surface area contributed by atoms with Gasteiger partial charge in [0.15, 0.2) is 6.61 Å². The quantitative estimate of drug-likeness (QED) is 0.739. The maximum Gasteiger partial charge on any atom is 0.341 e. The zero-order valence-corrected chi connectivity index (χ0v) is 12.9. The number of hydrogen-bond donors (Lipinski definition) is 1. The third kappa shape index (κ3) is 4.87. The summed E-state index contributed by atoms with van der Waals surface area (Å²) in [6.07, 6.45) is 0. The standard InChI is InChI=1S/C14H19NO5S/c1-4-15(9-11(2)3)21(18,19)13-7-5-12(6-8-13)20-10-14(16)17/h5-8H,2,4,9-10H2,1,3H3,(H,16,17). The molecule has 0 heterocycles. The van der Waals surface area contributed by atoms with Crippen molar-refractivity contribution in [2.75, 3.05) is 19.7 Å². The van der Waals surface area contributed by atoms with Crippen molar-refractivity contribution < 1.29 is 23.1 Å². The van der Waals surface area contributed by atoms with Crippen molar-refractivity contribution in [1.29, 1.82) is 0 Å². The Morgan fingerprint density at radius 3 is 2.33 bits per heavy atom. The first kappa shape index (κ1) is 17.2. The molecular weight excluding hydrogens is 294 g/mol. The number of sulfonamides is 1. The van der Waals surface area contributed by atoms with Gasteiger partial charge in [-0.25, -0.2) is 13.2 Å². The largest absolute Gasteiger partial charge is 0.482 e. The van der Waals surface area contributed by atoms with Crippen molar-refractivity contribution >= 4 is 16.0 Å². The number of rotatable bonds is 8. The van der Waals surface area contributed by atoms with E-state index in [0.717, 1.165) is 5.57 Å². The summed E-state index contributed by atoms with van der Waals surface area (Å²) in [5.41, 5.74) is 0.752. The molecule has 0 fully saturated rings. The van der Waals surface area contributed by atoms with E-state index < -0.39 is 22.6 Å². The lowest BCUT2D eigenvalue weighted by Gasteiger charge is -2.20. The Hall–Kier alpha value is -1.86. The molecule has 116 valence electrons. The van der Waals surface area contributed by atoms with Crippen molar-refractivity contribution in [2.45, 2.75) is 18.7 Å². The van der Waals surface area contributed by atoms with Gasteiger partial charge in [-0.2, -0.15) is 4.31 Å². The first-order valence-corrected chi connectivity index (χ1v) is 7.80. The van der Waals surface area contributed by atoms with Gasteiger partial charge in [0.25, 0.3) is 0 Å². The maximum absolute atomic E-state index is 12.4. The lowest BCUT2D eigenvalue weighted by atomic mass is 10.3. The third-order valence-corrected chi connectivity index (χ3v) is 4.56. The smallest absolute Gasteiger partial charge is 0.341 e. The van der Waals surface area contributed by atoms with Crippen LogP contribution in [0.15, 0.2) is 41.3 Å². The van der Waals surface area contributed by atoms with Crippen molar-refractivity contribution in [3.05, 3.63) is 36.4 Å². The molecular formula is C14H19NO5S. The maximum atomic E-state index is 12.4. The van der Waals surface area contributed by atoms with Crippen LogP contribution in [-0.4, -0.2) is 43.5 Å². The fourth-order valence-electron chi connectivity index (χ4n) is 1.67. The summed E-state index contributed by atoms with van der Waals surface area (Å²) in [4.78, 5) is 10.5. The number of likely N-dealkylation sites (N-methyl/N-ethyl adjacent to an activating group) is 1. The first-order chi connectivity index (χ1) is 9.77. The van der Waals surface area contributed by atoms with E-state index in [1.807, 2.05) is 0 Å². The second kappa shape index (κ2) is 7.24. The van der Waals surface area contributed by atoms with Crippen LogP contribution in [0.2, 0.25) is 0 Å². The first-order valence-electron chi connectivity index (χ1n) is 6.36. The molecule has 0 amide bonds. The summed E-state index contributed by atoms with van der Waals surface area (Å²) in [7, 11) is -3.59. The van der Waals surface area contributed by atoms with Crippen LogP contribution in [-0.2, 0) is 14.8 Å². The van der Waals surface area contributed by atoms with Gasteiger partial charge < -0.3 is 9.84 Å². The fraction of sp³-hybridized carbons (Fsp3) is 0.357. The van der Waals surface area contributed by atoms with Gasteiger partial charge in [0.1, 0.15) is 5.75 Å². The van der Waals surface area contributed by atoms with Gasteiger partial charge in [-0.05, 0) is 31.2 Å². The molecule has 1 N–H and O–H groups in total. The van der Waals surface area contributed by atoms with Crippen LogP contribution >= 0.6 is 0 Å². The van der Waals surface area contributed by atoms with E-state index in [1.54, 1.807) is 13.8 Å². The van der Waals surface area contributed by atoms with Gasteiger partial charge in [0.05, 0.1) is 4.90 Å². The molecule has 0 aromatic heterocycles. The van der Waals surface area contributed by atoms with E-state index in [1.165, 1.54) is 28.6 Å². The number of carbonyl (C=O) groups is 1. The Morgan fingerprint density at radius 2 is 1.90 bits per heavy atom. The molecule has 0 atom stereocenters. The molecule has 0 unspecified atom stereocenters. The van der Waals surface area contributed by atoms with E-state index in [9.17, 15) is 13.2 Å². The summed E-state index contributed by atoms with van der Waals surface area (Å²) >= 11 is 0. The molecule has 0 bridgehead atoms. The van der Waals surface area contributed by atoms with Crippen LogP contribution < -0.4 is 4.74 Å². The van der Waals surface area contributed by atoms with Crippen LogP contribution in [0.5, 0.6) is 5.75 Å².